The maximum Gasteiger partial charge on any atom is 0.225 e. The van der Waals surface area contributed by atoms with Crippen LogP contribution >= 0.6 is 0 Å². The van der Waals surface area contributed by atoms with Crippen molar-refractivity contribution in [2.75, 3.05) is 51.3 Å². The number of hydrogen-bond acceptors (Lipinski definition) is 7. The van der Waals surface area contributed by atoms with E-state index in [2.05, 4.69) is 32.1 Å². The zero-order valence-corrected chi connectivity index (χ0v) is 16.6. The highest BCUT2D eigenvalue weighted by molar-refractivity contribution is 6.05. The second-order valence-corrected chi connectivity index (χ2v) is 7.84. The van der Waals surface area contributed by atoms with Crippen molar-refractivity contribution in [2.24, 2.45) is 0 Å². The molecule has 3 aromatic rings. The van der Waals surface area contributed by atoms with Gasteiger partial charge < -0.3 is 19.9 Å². The molecule has 2 aliphatic rings. The van der Waals surface area contributed by atoms with Gasteiger partial charge in [-0.25, -0.2) is 19.3 Å². The van der Waals surface area contributed by atoms with Gasteiger partial charge in [-0.2, -0.15) is 0 Å². The van der Waals surface area contributed by atoms with Gasteiger partial charge in [0.2, 0.25) is 11.8 Å². The first-order chi connectivity index (χ1) is 14.2. The highest BCUT2D eigenvalue weighted by atomic mass is 19.1. The second-order valence-electron chi connectivity index (χ2n) is 7.84. The third-order valence-corrected chi connectivity index (χ3v) is 5.93. The lowest BCUT2D eigenvalue weighted by Gasteiger charge is -2.27. The Morgan fingerprint density at radius 2 is 2.03 bits per heavy atom. The van der Waals surface area contributed by atoms with Crippen LogP contribution in [0.1, 0.15) is 12.8 Å². The molecule has 0 aliphatic carbocycles. The van der Waals surface area contributed by atoms with Gasteiger partial charge in [0.05, 0.1) is 16.4 Å². The molecule has 0 spiro atoms. The molecule has 2 aliphatic heterocycles. The predicted octanol–water partition coefficient (Wildman–Crippen LogP) is 2.20. The zero-order chi connectivity index (χ0) is 19.8. The lowest BCUT2D eigenvalue weighted by atomic mass is 10.1. The predicted molar refractivity (Wildman–Crippen MR) is 111 cm³/mol. The van der Waals surface area contributed by atoms with Crippen molar-refractivity contribution in [3.05, 3.63) is 30.2 Å². The molecule has 5 rings (SSSR count). The van der Waals surface area contributed by atoms with E-state index >= 15 is 0 Å². The Morgan fingerprint density at radius 3 is 2.83 bits per heavy atom. The highest BCUT2D eigenvalue weighted by Gasteiger charge is 2.23. The lowest BCUT2D eigenvalue weighted by Crippen LogP contribution is -2.44. The van der Waals surface area contributed by atoms with Crippen LogP contribution in [0.2, 0.25) is 0 Å². The van der Waals surface area contributed by atoms with E-state index in [1.807, 2.05) is 0 Å². The molecule has 8 heteroatoms. The van der Waals surface area contributed by atoms with Crippen molar-refractivity contribution >= 4 is 27.8 Å². The summed E-state index contributed by atoms with van der Waals surface area (Å²) in [6, 6.07) is 4.99. The Hall–Kier alpha value is -2.58. The lowest BCUT2D eigenvalue weighted by molar-refractivity contribution is 0.195. The van der Waals surface area contributed by atoms with E-state index in [0.29, 0.717) is 40.9 Å². The number of halogens is 1. The molecule has 1 atom stereocenters. The van der Waals surface area contributed by atoms with Crippen LogP contribution in [-0.4, -0.2) is 72.3 Å². The standard InChI is InChI=1S/C21H25FN6O/c1-27-8-2-3-15(27)13-29-20-17-12-24-21(28-9-6-23-7-10-28)26-19(17)16-11-14(22)4-5-18(16)25-20/h4-5,11-12,15,23H,2-3,6-10,13H2,1H3. The molecule has 0 amide bonds. The average molecular weight is 396 g/mol. The third-order valence-electron chi connectivity index (χ3n) is 5.93. The molecule has 1 unspecified atom stereocenters. The van der Waals surface area contributed by atoms with Crippen molar-refractivity contribution in [3.63, 3.8) is 0 Å². The summed E-state index contributed by atoms with van der Waals surface area (Å²) in [5.41, 5.74) is 1.37. The summed E-state index contributed by atoms with van der Waals surface area (Å²) in [7, 11) is 2.12. The largest absolute Gasteiger partial charge is 0.475 e. The molecule has 2 aromatic heterocycles. The molecular formula is C21H25FN6O. The van der Waals surface area contributed by atoms with Gasteiger partial charge in [0.1, 0.15) is 12.4 Å². The van der Waals surface area contributed by atoms with Gasteiger partial charge in [-0.3, -0.25) is 0 Å². The van der Waals surface area contributed by atoms with Crippen LogP contribution in [0, 0.1) is 5.82 Å². The quantitative estimate of drug-likeness (QED) is 0.678. The van der Waals surface area contributed by atoms with E-state index in [0.717, 1.165) is 44.5 Å². The Labute approximate surface area is 168 Å². The summed E-state index contributed by atoms with van der Waals surface area (Å²) >= 11 is 0. The Kier molecular flexibility index (Phi) is 4.89. The fraction of sp³-hybridized carbons (Fsp3) is 0.476. The highest BCUT2D eigenvalue weighted by Crippen LogP contribution is 2.31. The number of aromatic nitrogens is 3. The molecule has 2 fully saturated rings. The SMILES string of the molecule is CN1CCCC1COc1nc2ccc(F)cc2c2nc(N3CCNCC3)ncc12. The number of likely N-dealkylation sites (tertiary alicyclic amines) is 1. The van der Waals surface area contributed by atoms with Crippen molar-refractivity contribution in [1.29, 1.82) is 0 Å². The van der Waals surface area contributed by atoms with E-state index in [1.165, 1.54) is 18.6 Å². The maximum atomic E-state index is 14.0. The van der Waals surface area contributed by atoms with Gasteiger partial charge in [-0.15, -0.1) is 0 Å². The number of nitrogens with zero attached hydrogens (tertiary/aromatic N) is 5. The van der Waals surface area contributed by atoms with Crippen LogP contribution in [0.4, 0.5) is 10.3 Å². The minimum Gasteiger partial charge on any atom is -0.475 e. The zero-order valence-electron chi connectivity index (χ0n) is 16.6. The number of piperazine rings is 1. The molecule has 152 valence electrons. The molecule has 1 aromatic carbocycles. The van der Waals surface area contributed by atoms with Crippen molar-refractivity contribution in [1.82, 2.24) is 25.2 Å². The van der Waals surface area contributed by atoms with Gasteiger partial charge in [0.15, 0.2) is 0 Å². The Bertz CT molecular complexity index is 1040. The summed E-state index contributed by atoms with van der Waals surface area (Å²) in [6.07, 6.45) is 4.08. The smallest absolute Gasteiger partial charge is 0.225 e. The average Bonchev–Trinajstić information content (AvgIpc) is 3.17. The minimum atomic E-state index is -0.302. The van der Waals surface area contributed by atoms with Crippen LogP contribution in [0.25, 0.3) is 21.8 Å². The summed E-state index contributed by atoms with van der Waals surface area (Å²) in [5.74, 6) is 0.882. The van der Waals surface area contributed by atoms with E-state index < -0.39 is 0 Å². The van der Waals surface area contributed by atoms with Crippen LogP contribution in [0.15, 0.2) is 24.4 Å². The van der Waals surface area contributed by atoms with Crippen molar-refractivity contribution < 1.29 is 9.13 Å². The summed E-state index contributed by atoms with van der Waals surface area (Å²) in [5, 5.41) is 4.74. The van der Waals surface area contributed by atoms with Crippen LogP contribution in [-0.2, 0) is 0 Å². The van der Waals surface area contributed by atoms with Crippen LogP contribution in [0.3, 0.4) is 0 Å². The second kappa shape index (κ2) is 7.68. The molecular weight excluding hydrogens is 371 g/mol. The first-order valence-electron chi connectivity index (χ1n) is 10.2. The van der Waals surface area contributed by atoms with E-state index in [-0.39, 0.29) is 5.82 Å². The number of anilines is 1. The Morgan fingerprint density at radius 1 is 1.17 bits per heavy atom. The Balaban J connectivity index is 1.57. The number of hydrogen-bond donors (Lipinski definition) is 1. The number of likely N-dealkylation sites (N-methyl/N-ethyl adjacent to an activating group) is 1. The van der Waals surface area contributed by atoms with Crippen molar-refractivity contribution in [2.45, 2.75) is 18.9 Å². The molecule has 4 heterocycles. The normalized spacial score (nSPS) is 20.6. The monoisotopic (exact) mass is 396 g/mol. The number of rotatable bonds is 4. The minimum absolute atomic E-state index is 0.302. The topological polar surface area (TPSA) is 66.4 Å². The molecule has 0 bridgehead atoms. The molecule has 0 saturated carbocycles. The van der Waals surface area contributed by atoms with Crippen molar-refractivity contribution in [3.8, 4) is 5.88 Å². The first kappa shape index (κ1) is 18.4. The summed E-state index contributed by atoms with van der Waals surface area (Å²) in [4.78, 5) is 18.5. The number of benzene rings is 1. The van der Waals surface area contributed by atoms with Gasteiger partial charge in [0, 0.05) is 43.8 Å². The number of ether oxygens (including phenoxy) is 1. The fourth-order valence-corrected chi connectivity index (χ4v) is 4.19. The van der Waals surface area contributed by atoms with E-state index in [1.54, 1.807) is 12.3 Å². The van der Waals surface area contributed by atoms with E-state index in [4.69, 9.17) is 9.72 Å². The third kappa shape index (κ3) is 3.58. The molecule has 7 nitrogen and oxygen atoms in total. The first-order valence-corrected chi connectivity index (χ1v) is 10.2. The fourth-order valence-electron chi connectivity index (χ4n) is 4.19. The number of pyridine rings is 1. The summed E-state index contributed by atoms with van der Waals surface area (Å²) in [6.45, 7) is 5.16. The molecule has 29 heavy (non-hydrogen) atoms. The summed E-state index contributed by atoms with van der Waals surface area (Å²) < 4.78 is 20.1. The molecule has 1 N–H and O–H groups in total. The van der Waals surface area contributed by atoms with Gasteiger partial charge in [-0.1, -0.05) is 0 Å². The van der Waals surface area contributed by atoms with Gasteiger partial charge >= 0.3 is 0 Å². The molecule has 2 saturated heterocycles. The molecule has 0 radical (unpaired) electrons. The van der Waals surface area contributed by atoms with Crippen LogP contribution < -0.4 is 15.0 Å². The van der Waals surface area contributed by atoms with Crippen LogP contribution in [0.5, 0.6) is 5.88 Å². The number of nitrogens with one attached hydrogen (secondary N) is 1. The van der Waals surface area contributed by atoms with Gasteiger partial charge in [0.25, 0.3) is 0 Å². The van der Waals surface area contributed by atoms with E-state index in [9.17, 15) is 4.39 Å². The van der Waals surface area contributed by atoms with Gasteiger partial charge in [-0.05, 0) is 44.6 Å². The number of fused-ring (bicyclic) bond motifs is 3. The maximum absolute atomic E-state index is 14.0.